The first-order valence-corrected chi connectivity index (χ1v) is 9.47. The summed E-state index contributed by atoms with van der Waals surface area (Å²) >= 11 is 1.59. The van der Waals surface area contributed by atoms with Crippen LogP contribution in [0.5, 0.6) is 0 Å². The highest BCUT2D eigenvalue weighted by Crippen LogP contribution is 2.27. The van der Waals surface area contributed by atoms with Gasteiger partial charge in [-0.3, -0.25) is 4.90 Å². The Balaban J connectivity index is 1.95. The average molecular weight is 371 g/mol. The number of thioether (sulfide) groups is 1. The number of hydrogen-bond acceptors (Lipinski definition) is 7. The van der Waals surface area contributed by atoms with Gasteiger partial charge in [-0.05, 0) is 23.1 Å². The largest absolute Gasteiger partial charge is 0.395 e. The third-order valence-corrected chi connectivity index (χ3v) is 5.68. The number of piperidine rings is 1. The summed E-state index contributed by atoms with van der Waals surface area (Å²) in [4.78, 5) is 2.53. The molecule has 1 saturated heterocycles. The Labute approximate surface area is 153 Å². The van der Waals surface area contributed by atoms with E-state index < -0.39 is 37.2 Å². The van der Waals surface area contributed by atoms with Gasteiger partial charge >= 0.3 is 0 Å². The van der Waals surface area contributed by atoms with E-state index in [2.05, 4.69) is 45.0 Å². The highest BCUT2D eigenvalue weighted by atomic mass is 32.2. The smallest absolute Gasteiger partial charge is 0.136 e. The van der Waals surface area contributed by atoms with Gasteiger partial charge in [-0.1, -0.05) is 32.9 Å². The summed E-state index contributed by atoms with van der Waals surface area (Å²) in [5.41, 5.74) is 1.35. The molecule has 5 N–H and O–H groups in total. The van der Waals surface area contributed by atoms with E-state index in [0.717, 1.165) is 4.90 Å². The summed E-state index contributed by atoms with van der Waals surface area (Å²) in [6.07, 6.45) is -5.56. The third kappa shape index (κ3) is 4.74. The van der Waals surface area contributed by atoms with Gasteiger partial charge < -0.3 is 25.5 Å². The Morgan fingerprint density at radius 2 is 1.56 bits per heavy atom. The van der Waals surface area contributed by atoms with E-state index in [0.29, 0.717) is 12.3 Å². The van der Waals surface area contributed by atoms with Crippen LogP contribution >= 0.6 is 11.8 Å². The van der Waals surface area contributed by atoms with Crippen molar-refractivity contribution in [1.29, 1.82) is 0 Å². The fraction of sp³-hybridized carbons (Fsp3) is 0.667. The molecule has 1 aromatic rings. The monoisotopic (exact) mass is 371 g/mol. The van der Waals surface area contributed by atoms with Crippen LogP contribution in [0, 0.1) is 0 Å². The van der Waals surface area contributed by atoms with E-state index in [4.69, 9.17) is 0 Å². The molecule has 0 bridgehead atoms. The van der Waals surface area contributed by atoms with Gasteiger partial charge in [0.1, 0.15) is 24.5 Å². The van der Waals surface area contributed by atoms with Gasteiger partial charge in [0.25, 0.3) is 0 Å². The molecule has 0 spiro atoms. The number of benzene rings is 1. The van der Waals surface area contributed by atoms with Crippen molar-refractivity contribution < 1.29 is 25.5 Å². The first kappa shape index (κ1) is 20.6. The van der Waals surface area contributed by atoms with E-state index in [1.807, 2.05) is 0 Å². The Bertz CT molecular complexity index is 547. The van der Waals surface area contributed by atoms with E-state index in [9.17, 15) is 25.5 Å². The van der Waals surface area contributed by atoms with Gasteiger partial charge in [-0.2, -0.15) is 0 Å². The number of nitrogens with zero attached hydrogens (tertiary/aromatic N) is 1. The number of rotatable bonds is 5. The van der Waals surface area contributed by atoms with Crippen molar-refractivity contribution in [3.63, 3.8) is 0 Å². The highest BCUT2D eigenvalue weighted by molar-refractivity contribution is 7.99. The molecule has 0 aliphatic carbocycles. The Morgan fingerprint density at radius 1 is 0.960 bits per heavy atom. The molecular formula is C18H29NO5S. The third-order valence-electron chi connectivity index (χ3n) is 4.69. The summed E-state index contributed by atoms with van der Waals surface area (Å²) in [7, 11) is 0. The predicted octanol–water partition coefficient (Wildman–Crippen LogP) is 0.154. The molecule has 0 amide bonds. The minimum absolute atomic E-state index is 0.0998. The molecule has 1 heterocycles. The molecule has 25 heavy (non-hydrogen) atoms. The van der Waals surface area contributed by atoms with Crippen LogP contribution in [0.25, 0.3) is 0 Å². The van der Waals surface area contributed by atoms with E-state index >= 15 is 0 Å². The van der Waals surface area contributed by atoms with Crippen molar-refractivity contribution in [2.24, 2.45) is 0 Å². The van der Waals surface area contributed by atoms with Gasteiger partial charge in [0.2, 0.25) is 0 Å². The Morgan fingerprint density at radius 3 is 2.08 bits per heavy atom. The second-order valence-corrected chi connectivity index (χ2v) is 8.66. The SMILES string of the molecule is CC(C)(C)c1ccc(SCCN2C(O)[C@H](O)[C@@H](O)[C@H](O)[C@H]2CO)cc1. The normalized spacial score (nSPS) is 31.3. The molecule has 1 aliphatic heterocycles. The molecule has 0 saturated carbocycles. The molecule has 0 aromatic heterocycles. The highest BCUT2D eigenvalue weighted by Gasteiger charge is 2.46. The molecule has 1 aromatic carbocycles. The van der Waals surface area contributed by atoms with Crippen molar-refractivity contribution in [2.45, 2.75) is 61.7 Å². The minimum Gasteiger partial charge on any atom is -0.395 e. The van der Waals surface area contributed by atoms with E-state index in [-0.39, 0.29) is 5.41 Å². The van der Waals surface area contributed by atoms with Crippen LogP contribution in [0.3, 0.4) is 0 Å². The lowest BCUT2D eigenvalue weighted by Gasteiger charge is -2.46. The Kier molecular flexibility index (Phi) is 6.89. The quantitative estimate of drug-likeness (QED) is 0.470. The van der Waals surface area contributed by atoms with Crippen molar-refractivity contribution >= 4 is 11.8 Å². The van der Waals surface area contributed by atoms with Crippen molar-refractivity contribution in [2.75, 3.05) is 18.9 Å². The lowest BCUT2D eigenvalue weighted by molar-refractivity contribution is -0.221. The number of hydrogen-bond donors (Lipinski definition) is 5. The van der Waals surface area contributed by atoms with Gasteiger partial charge in [-0.25, -0.2) is 0 Å². The minimum atomic E-state index is -1.47. The molecule has 1 aliphatic rings. The summed E-state index contributed by atoms with van der Waals surface area (Å²) in [6.45, 7) is 6.43. The first-order valence-electron chi connectivity index (χ1n) is 8.49. The lowest BCUT2D eigenvalue weighted by atomic mass is 9.87. The second-order valence-electron chi connectivity index (χ2n) is 7.50. The lowest BCUT2D eigenvalue weighted by Crippen LogP contribution is -2.67. The van der Waals surface area contributed by atoms with Crippen LogP contribution in [0.2, 0.25) is 0 Å². The zero-order chi connectivity index (χ0) is 18.8. The Hall–Kier alpha value is -0.670. The molecule has 142 valence electrons. The number of aliphatic hydroxyl groups is 5. The molecule has 2 rings (SSSR count). The maximum Gasteiger partial charge on any atom is 0.136 e. The van der Waals surface area contributed by atoms with Crippen LogP contribution in [-0.2, 0) is 5.41 Å². The van der Waals surface area contributed by atoms with Crippen LogP contribution in [0.15, 0.2) is 29.2 Å². The summed E-state index contributed by atoms with van der Waals surface area (Å²) in [5.74, 6) is 0.609. The van der Waals surface area contributed by atoms with Crippen molar-refractivity contribution in [3.05, 3.63) is 29.8 Å². The summed E-state index contributed by atoms with van der Waals surface area (Å²) < 4.78 is 0. The molecule has 7 heteroatoms. The standard InChI is InChI=1S/C18H29NO5S/c1-18(2,3)11-4-6-12(7-5-11)25-9-8-19-13(10-20)14(21)15(22)16(23)17(19)24/h4-7,13-17,20-24H,8-10H2,1-3H3/t13-,14-,15+,16-,17?/m1/s1. The maximum absolute atomic E-state index is 10.1. The van der Waals surface area contributed by atoms with Crippen molar-refractivity contribution in [1.82, 2.24) is 4.90 Å². The zero-order valence-corrected chi connectivity index (χ0v) is 15.7. The second kappa shape index (κ2) is 8.35. The fourth-order valence-corrected chi connectivity index (χ4v) is 3.89. The zero-order valence-electron chi connectivity index (χ0n) is 14.9. The maximum atomic E-state index is 10.1. The molecule has 1 fully saturated rings. The van der Waals surface area contributed by atoms with Crippen LogP contribution < -0.4 is 0 Å². The molecule has 5 atom stereocenters. The molecule has 0 radical (unpaired) electrons. The van der Waals surface area contributed by atoms with E-state index in [1.54, 1.807) is 11.8 Å². The van der Waals surface area contributed by atoms with Gasteiger partial charge in [0.15, 0.2) is 0 Å². The molecule has 6 nitrogen and oxygen atoms in total. The van der Waals surface area contributed by atoms with E-state index in [1.165, 1.54) is 10.5 Å². The summed E-state index contributed by atoms with van der Waals surface area (Å²) in [6, 6.07) is 7.48. The topological polar surface area (TPSA) is 104 Å². The molecule has 1 unspecified atom stereocenters. The van der Waals surface area contributed by atoms with Crippen LogP contribution in [0.1, 0.15) is 26.3 Å². The van der Waals surface area contributed by atoms with Gasteiger partial charge in [0.05, 0.1) is 12.6 Å². The van der Waals surface area contributed by atoms with Crippen LogP contribution in [-0.4, -0.2) is 79.9 Å². The van der Waals surface area contributed by atoms with Crippen LogP contribution in [0.4, 0.5) is 0 Å². The number of likely N-dealkylation sites (tertiary alicyclic amines) is 1. The number of aliphatic hydroxyl groups excluding tert-OH is 5. The van der Waals surface area contributed by atoms with Gasteiger partial charge in [-0.15, -0.1) is 11.8 Å². The van der Waals surface area contributed by atoms with Gasteiger partial charge in [0, 0.05) is 17.2 Å². The first-order chi connectivity index (χ1) is 11.7. The summed E-state index contributed by atoms with van der Waals surface area (Å²) in [5, 5.41) is 49.2. The van der Waals surface area contributed by atoms with Crippen molar-refractivity contribution in [3.8, 4) is 0 Å². The molecular weight excluding hydrogens is 342 g/mol. The average Bonchev–Trinajstić information content (AvgIpc) is 2.57. The fourth-order valence-electron chi connectivity index (χ4n) is 3.03. The predicted molar refractivity (Wildman–Crippen MR) is 97.5 cm³/mol.